The van der Waals surface area contributed by atoms with Gasteiger partial charge in [-0.05, 0) is 94.6 Å². The molecule has 0 radical (unpaired) electrons. The summed E-state index contributed by atoms with van der Waals surface area (Å²) in [6, 6.07) is 10.3. The summed E-state index contributed by atoms with van der Waals surface area (Å²) in [7, 11) is 0. The van der Waals surface area contributed by atoms with E-state index >= 15 is 0 Å². The van der Waals surface area contributed by atoms with Crippen molar-refractivity contribution in [2.45, 2.75) is 69.4 Å². The molecule has 2 aliphatic rings. The summed E-state index contributed by atoms with van der Waals surface area (Å²) in [5.41, 5.74) is -6.33. The van der Waals surface area contributed by atoms with Gasteiger partial charge in [-0.25, -0.2) is 9.37 Å². The molecule has 3 heterocycles. The largest absolute Gasteiger partial charge is 0.489 e. The van der Waals surface area contributed by atoms with Gasteiger partial charge in [0.1, 0.15) is 40.5 Å². The number of aryl methyl sites for hydroxylation is 1. The molecule has 2 atom stereocenters. The lowest BCUT2D eigenvalue weighted by atomic mass is 9.81. The highest BCUT2D eigenvalue weighted by Crippen LogP contribution is 2.48. The second-order valence-corrected chi connectivity index (χ2v) is 13.8. The first-order chi connectivity index (χ1) is 23.4. The molecule has 0 spiro atoms. The van der Waals surface area contributed by atoms with Crippen LogP contribution in [0.4, 0.5) is 17.6 Å². The van der Waals surface area contributed by atoms with Gasteiger partial charge in [0.25, 0.3) is 5.91 Å². The second-order valence-electron chi connectivity index (χ2n) is 13.8. The number of aliphatic hydroxyl groups is 2. The third-order valence-corrected chi connectivity index (χ3v) is 8.74. The van der Waals surface area contributed by atoms with Crippen molar-refractivity contribution in [3.05, 3.63) is 82.9 Å². The first-order valence-electron chi connectivity index (χ1n) is 16.0. The van der Waals surface area contributed by atoms with E-state index in [2.05, 4.69) is 20.6 Å². The van der Waals surface area contributed by atoms with Crippen molar-refractivity contribution in [2.24, 2.45) is 0 Å². The van der Waals surface area contributed by atoms with Crippen LogP contribution in [-0.2, 0) is 15.8 Å². The molecule has 264 valence electrons. The van der Waals surface area contributed by atoms with Crippen molar-refractivity contribution in [3.63, 3.8) is 0 Å². The fraction of sp³-hybridized carbons (Fsp3) is 0.389. The molecule has 6 rings (SSSR count). The van der Waals surface area contributed by atoms with E-state index in [1.807, 2.05) is 0 Å². The number of carbonyl (C=O) groups excluding carboxylic acids is 2. The number of hydrogen-bond acceptors (Lipinski definition) is 8. The quantitative estimate of drug-likeness (QED) is 0.170. The van der Waals surface area contributed by atoms with Crippen molar-refractivity contribution in [1.82, 2.24) is 20.6 Å². The molecule has 0 saturated heterocycles. The fourth-order valence-corrected chi connectivity index (χ4v) is 5.64. The number of alkyl halides is 3. The average Bonchev–Trinajstić information content (AvgIpc) is 3.80. The Bertz CT molecular complexity index is 1980. The van der Waals surface area contributed by atoms with Crippen molar-refractivity contribution in [3.8, 4) is 22.8 Å². The fourth-order valence-electron chi connectivity index (χ4n) is 5.64. The van der Waals surface area contributed by atoms with Gasteiger partial charge in [-0.3, -0.25) is 14.6 Å². The molecule has 2 amide bonds. The lowest BCUT2D eigenvalue weighted by Crippen LogP contribution is -2.52. The highest BCUT2D eigenvalue weighted by molar-refractivity contribution is 6.00. The number of nitrogens with one attached hydrogen (secondary N) is 2. The number of hydrogen-bond donors (Lipinski definition) is 4. The Morgan fingerprint density at radius 3 is 2.38 bits per heavy atom. The molecule has 1 aliphatic carbocycles. The van der Waals surface area contributed by atoms with Crippen LogP contribution < -0.4 is 20.1 Å². The van der Waals surface area contributed by atoms with Gasteiger partial charge in [0.15, 0.2) is 0 Å². The Kier molecular flexibility index (Phi) is 8.76. The van der Waals surface area contributed by atoms with Crippen LogP contribution >= 0.6 is 0 Å². The third-order valence-electron chi connectivity index (χ3n) is 8.74. The number of carbonyl (C=O) groups is 2. The highest BCUT2D eigenvalue weighted by atomic mass is 19.4. The zero-order valence-corrected chi connectivity index (χ0v) is 27.7. The molecule has 0 unspecified atom stereocenters. The smallest absolute Gasteiger partial charge is 0.424 e. The molecule has 4 aromatic rings. The summed E-state index contributed by atoms with van der Waals surface area (Å²) < 4.78 is 70.6. The van der Waals surface area contributed by atoms with Crippen molar-refractivity contribution >= 4 is 22.7 Å². The van der Waals surface area contributed by atoms with Crippen LogP contribution in [0, 0.1) is 12.7 Å². The molecule has 14 heteroatoms. The van der Waals surface area contributed by atoms with Crippen LogP contribution in [-0.4, -0.2) is 69.6 Å². The van der Waals surface area contributed by atoms with Crippen LogP contribution in [0.15, 0.2) is 54.7 Å². The minimum absolute atomic E-state index is 0.0107. The number of pyridine rings is 2. The summed E-state index contributed by atoms with van der Waals surface area (Å²) in [4.78, 5) is 35.5. The third kappa shape index (κ3) is 6.81. The van der Waals surface area contributed by atoms with Crippen LogP contribution in [0.5, 0.6) is 11.5 Å². The number of ether oxygens (including phenoxy) is 2. The van der Waals surface area contributed by atoms with Crippen LogP contribution in [0.25, 0.3) is 22.2 Å². The SMILES string of the molecule is Cc1cnc2c(OC3CC3)cc(C(=O)NC[C@](O)(c3cc4c(c(-c5ccc(F)cc5)n3)OC[C@]4(C)C(=O)NCC(C)(C)O)C(F)(F)F)cc2c1. The number of nitrogens with zero attached hydrogens (tertiary/aromatic N) is 2. The topological polar surface area (TPSA) is 143 Å². The van der Waals surface area contributed by atoms with Gasteiger partial charge in [0.2, 0.25) is 11.5 Å². The molecule has 0 bridgehead atoms. The Labute approximate surface area is 284 Å². The average molecular weight is 697 g/mol. The maximum Gasteiger partial charge on any atom is 0.424 e. The zero-order chi connectivity index (χ0) is 36.2. The Balaban J connectivity index is 1.40. The number of rotatable bonds is 10. The summed E-state index contributed by atoms with van der Waals surface area (Å²) in [6.45, 7) is 4.37. The number of benzene rings is 2. The van der Waals surface area contributed by atoms with Gasteiger partial charge in [-0.1, -0.05) is 0 Å². The molecule has 1 fully saturated rings. The second kappa shape index (κ2) is 12.5. The highest BCUT2D eigenvalue weighted by Gasteiger charge is 2.58. The van der Waals surface area contributed by atoms with Crippen molar-refractivity contribution in [1.29, 1.82) is 0 Å². The van der Waals surface area contributed by atoms with Crippen LogP contribution in [0.2, 0.25) is 0 Å². The monoisotopic (exact) mass is 696 g/mol. The van der Waals surface area contributed by atoms with Crippen molar-refractivity contribution < 1.29 is 46.8 Å². The van der Waals surface area contributed by atoms with Gasteiger partial charge in [-0.15, -0.1) is 0 Å². The van der Waals surface area contributed by atoms with E-state index in [-0.39, 0.29) is 47.4 Å². The van der Waals surface area contributed by atoms with E-state index in [4.69, 9.17) is 9.47 Å². The van der Waals surface area contributed by atoms with E-state index < -0.39 is 52.7 Å². The Hall–Kier alpha value is -4.82. The van der Waals surface area contributed by atoms with Gasteiger partial charge in [-0.2, -0.15) is 13.2 Å². The normalized spacial score (nSPS) is 18.6. The minimum atomic E-state index is -5.38. The lowest BCUT2D eigenvalue weighted by Gasteiger charge is -2.32. The maximum atomic E-state index is 15.0. The van der Waals surface area contributed by atoms with Gasteiger partial charge >= 0.3 is 6.18 Å². The van der Waals surface area contributed by atoms with E-state index in [0.717, 1.165) is 36.6 Å². The van der Waals surface area contributed by atoms with E-state index in [1.165, 1.54) is 45.0 Å². The van der Waals surface area contributed by atoms with E-state index in [9.17, 15) is 37.4 Å². The van der Waals surface area contributed by atoms with E-state index in [0.29, 0.717) is 16.7 Å². The summed E-state index contributed by atoms with van der Waals surface area (Å²) in [5, 5.41) is 27.0. The molecule has 4 N–H and O–H groups in total. The van der Waals surface area contributed by atoms with Crippen LogP contribution in [0.1, 0.15) is 60.8 Å². The van der Waals surface area contributed by atoms with Gasteiger partial charge in [0, 0.05) is 34.8 Å². The van der Waals surface area contributed by atoms with Gasteiger partial charge in [0.05, 0.1) is 23.9 Å². The summed E-state index contributed by atoms with van der Waals surface area (Å²) in [6.07, 6.45) is -2.15. The first kappa shape index (κ1) is 35.0. The zero-order valence-electron chi connectivity index (χ0n) is 27.7. The summed E-state index contributed by atoms with van der Waals surface area (Å²) in [5.74, 6) is -1.91. The predicted molar refractivity (Wildman–Crippen MR) is 174 cm³/mol. The minimum Gasteiger partial charge on any atom is -0.489 e. The molecule has 50 heavy (non-hydrogen) atoms. The maximum absolute atomic E-state index is 15.0. The number of amides is 2. The van der Waals surface area contributed by atoms with Gasteiger partial charge < -0.3 is 30.3 Å². The number of fused-ring (bicyclic) bond motifs is 2. The number of halogens is 4. The Morgan fingerprint density at radius 1 is 1.04 bits per heavy atom. The Morgan fingerprint density at radius 2 is 1.74 bits per heavy atom. The van der Waals surface area contributed by atoms with E-state index in [1.54, 1.807) is 19.2 Å². The predicted octanol–water partition coefficient (Wildman–Crippen LogP) is 5.00. The van der Waals surface area contributed by atoms with Crippen LogP contribution in [0.3, 0.4) is 0 Å². The first-order valence-corrected chi connectivity index (χ1v) is 16.0. The molecule has 10 nitrogen and oxygen atoms in total. The molecular weight excluding hydrogens is 660 g/mol. The standard InChI is InChI=1S/C36H36F4N4O6/c1-19-11-21-12-22(13-26(28(21)41-15-19)50-24-9-10-24)31(45)42-17-35(48,36(38,39)40)27-14-25-30(29(44-27)20-5-7-23(37)8-6-20)49-18-34(25,4)32(46)43-16-33(2,3)47/h5-8,11-15,24,47-48H,9-10,16-18H2,1-4H3,(H,42,45)(H,43,46)/t34-,35-/m0/s1. The summed E-state index contributed by atoms with van der Waals surface area (Å²) >= 11 is 0. The number of aromatic nitrogens is 2. The lowest BCUT2D eigenvalue weighted by molar-refractivity contribution is -0.265. The molecule has 1 saturated carbocycles. The van der Waals surface area contributed by atoms with Crippen molar-refractivity contribution in [2.75, 3.05) is 19.7 Å². The molecule has 2 aromatic carbocycles. The molecule has 2 aromatic heterocycles. The molecule has 1 aliphatic heterocycles. The molecular formula is C36H36F4N4O6.